The number of urea groups is 1. The third kappa shape index (κ3) is 6.46. The molecule has 0 fully saturated rings. The molecule has 0 aliphatic carbocycles. The van der Waals surface area contributed by atoms with Crippen molar-refractivity contribution >= 4 is 6.03 Å². The van der Waals surface area contributed by atoms with E-state index in [4.69, 9.17) is 10.5 Å². The molecule has 27 heavy (non-hydrogen) atoms. The predicted octanol–water partition coefficient (Wildman–Crippen LogP) is 1.80. The molecule has 5 N–H and O–H groups in total. The smallest absolute Gasteiger partial charge is 0.315 e. The first kappa shape index (κ1) is 20.5. The Hall–Kier alpha value is -2.78. The maximum Gasteiger partial charge on any atom is 0.315 e. The Balaban J connectivity index is 1.70. The zero-order valence-corrected chi connectivity index (χ0v) is 14.3. The van der Waals surface area contributed by atoms with Crippen molar-refractivity contribution in [3.63, 3.8) is 0 Å². The molecule has 0 aromatic heterocycles. The van der Waals surface area contributed by atoms with Crippen molar-refractivity contribution in [2.24, 2.45) is 5.73 Å². The number of benzene rings is 2. The molecular weight excluding hydrogens is 363 g/mol. The molecule has 0 radical (unpaired) electrons. The van der Waals surface area contributed by atoms with Gasteiger partial charge in [0.05, 0.1) is 0 Å². The highest BCUT2D eigenvalue weighted by Gasteiger charge is 2.10. The van der Waals surface area contributed by atoms with E-state index in [1.165, 1.54) is 18.2 Å². The van der Waals surface area contributed by atoms with Gasteiger partial charge in [-0.2, -0.15) is 0 Å². The van der Waals surface area contributed by atoms with Gasteiger partial charge < -0.3 is 26.2 Å². The molecule has 0 heterocycles. The Morgan fingerprint density at radius 2 is 1.85 bits per heavy atom. The molecule has 0 bridgehead atoms. The normalized spacial score (nSPS) is 11.7. The van der Waals surface area contributed by atoms with Crippen LogP contribution in [0.5, 0.6) is 5.75 Å². The van der Waals surface area contributed by atoms with Crippen molar-refractivity contribution in [3.8, 4) is 5.75 Å². The van der Waals surface area contributed by atoms with Crippen LogP contribution in [0.25, 0.3) is 0 Å². The van der Waals surface area contributed by atoms with Crippen molar-refractivity contribution in [2.75, 3.05) is 13.2 Å². The summed E-state index contributed by atoms with van der Waals surface area (Å²) < 4.78 is 44.7. The Kier molecular flexibility index (Phi) is 7.44. The van der Waals surface area contributed by atoms with Crippen LogP contribution in [-0.2, 0) is 13.1 Å². The standard InChI is InChI=1S/C18H20F3N3O3/c19-15-4-3-14(6-17(15)21)27-10-13(25)9-24-18(26)23-8-12-2-1-11(7-22)5-16(12)20/h1-6,13,25H,7-10,22H2,(H2,23,24,26). The van der Waals surface area contributed by atoms with Crippen LogP contribution in [0.15, 0.2) is 36.4 Å². The van der Waals surface area contributed by atoms with E-state index in [2.05, 4.69) is 10.6 Å². The number of carbonyl (C=O) groups is 1. The first-order valence-electron chi connectivity index (χ1n) is 8.14. The first-order chi connectivity index (χ1) is 12.9. The maximum absolute atomic E-state index is 13.8. The fraction of sp³-hybridized carbons (Fsp3) is 0.278. The number of carbonyl (C=O) groups excluding carboxylic acids is 1. The van der Waals surface area contributed by atoms with Gasteiger partial charge in [-0.25, -0.2) is 18.0 Å². The molecule has 9 heteroatoms. The number of halogens is 3. The summed E-state index contributed by atoms with van der Waals surface area (Å²) in [4.78, 5) is 11.7. The third-order valence-corrected chi connectivity index (χ3v) is 3.62. The summed E-state index contributed by atoms with van der Waals surface area (Å²) in [5, 5.41) is 14.6. The molecule has 6 nitrogen and oxygen atoms in total. The summed E-state index contributed by atoms with van der Waals surface area (Å²) in [5.41, 5.74) is 6.36. The van der Waals surface area contributed by atoms with E-state index < -0.39 is 29.6 Å². The highest BCUT2D eigenvalue weighted by molar-refractivity contribution is 5.73. The van der Waals surface area contributed by atoms with Crippen molar-refractivity contribution in [3.05, 3.63) is 65.0 Å². The zero-order chi connectivity index (χ0) is 19.8. The minimum Gasteiger partial charge on any atom is -0.491 e. The number of aliphatic hydroxyl groups is 1. The van der Waals surface area contributed by atoms with Gasteiger partial charge in [-0.3, -0.25) is 0 Å². The average molecular weight is 383 g/mol. The highest BCUT2D eigenvalue weighted by atomic mass is 19.2. The number of aliphatic hydroxyl groups excluding tert-OH is 1. The van der Waals surface area contributed by atoms with Gasteiger partial charge >= 0.3 is 6.03 Å². The number of hydrogen-bond donors (Lipinski definition) is 4. The van der Waals surface area contributed by atoms with Crippen molar-refractivity contribution in [2.45, 2.75) is 19.2 Å². The van der Waals surface area contributed by atoms with Gasteiger partial charge in [-0.15, -0.1) is 0 Å². The third-order valence-electron chi connectivity index (χ3n) is 3.62. The molecule has 0 aliphatic rings. The zero-order valence-electron chi connectivity index (χ0n) is 14.3. The molecular formula is C18H20F3N3O3. The van der Waals surface area contributed by atoms with E-state index in [0.717, 1.165) is 12.1 Å². The van der Waals surface area contributed by atoms with Gasteiger partial charge in [0.2, 0.25) is 0 Å². The lowest BCUT2D eigenvalue weighted by Crippen LogP contribution is -2.41. The van der Waals surface area contributed by atoms with Crippen LogP contribution in [0.1, 0.15) is 11.1 Å². The second-order valence-corrected chi connectivity index (χ2v) is 5.73. The van der Waals surface area contributed by atoms with E-state index >= 15 is 0 Å². The summed E-state index contributed by atoms with van der Waals surface area (Å²) >= 11 is 0. The molecule has 2 aromatic rings. The quantitative estimate of drug-likeness (QED) is 0.559. The Labute approximate surface area is 154 Å². The molecule has 0 spiro atoms. The lowest BCUT2D eigenvalue weighted by Gasteiger charge is -2.14. The van der Waals surface area contributed by atoms with Crippen LogP contribution in [0, 0.1) is 17.5 Å². The van der Waals surface area contributed by atoms with Gasteiger partial charge in [0.25, 0.3) is 0 Å². The van der Waals surface area contributed by atoms with Crippen LogP contribution >= 0.6 is 0 Å². The number of amides is 2. The minimum absolute atomic E-state index is 0.0377. The van der Waals surface area contributed by atoms with Gasteiger partial charge in [-0.1, -0.05) is 12.1 Å². The molecule has 146 valence electrons. The lowest BCUT2D eigenvalue weighted by atomic mass is 10.1. The van der Waals surface area contributed by atoms with Crippen LogP contribution in [0.4, 0.5) is 18.0 Å². The summed E-state index contributed by atoms with van der Waals surface area (Å²) in [6.07, 6.45) is -1.08. The maximum atomic E-state index is 13.8. The summed E-state index contributed by atoms with van der Waals surface area (Å²) in [6.45, 7) is -0.204. The summed E-state index contributed by atoms with van der Waals surface area (Å²) in [5.74, 6) is -2.49. The Morgan fingerprint density at radius 3 is 2.52 bits per heavy atom. The van der Waals surface area contributed by atoms with Crippen molar-refractivity contribution in [1.82, 2.24) is 10.6 Å². The highest BCUT2D eigenvalue weighted by Crippen LogP contribution is 2.15. The SMILES string of the molecule is NCc1ccc(CNC(=O)NCC(O)COc2ccc(F)c(F)c2)c(F)c1. The van der Waals surface area contributed by atoms with Crippen LogP contribution < -0.4 is 21.1 Å². The number of hydrogen-bond acceptors (Lipinski definition) is 4. The number of nitrogens with two attached hydrogens (primary N) is 1. The molecule has 0 aliphatic heterocycles. The fourth-order valence-corrected chi connectivity index (χ4v) is 2.13. The number of nitrogens with one attached hydrogen (secondary N) is 2. The van der Waals surface area contributed by atoms with E-state index in [0.29, 0.717) is 11.1 Å². The monoisotopic (exact) mass is 383 g/mol. The van der Waals surface area contributed by atoms with E-state index in [1.807, 2.05) is 0 Å². The summed E-state index contributed by atoms with van der Waals surface area (Å²) in [6, 6.07) is 6.86. The molecule has 1 atom stereocenters. The fourth-order valence-electron chi connectivity index (χ4n) is 2.13. The molecule has 2 amide bonds. The molecule has 0 saturated heterocycles. The largest absolute Gasteiger partial charge is 0.491 e. The summed E-state index contributed by atoms with van der Waals surface area (Å²) in [7, 11) is 0. The van der Waals surface area contributed by atoms with Gasteiger partial charge in [0.15, 0.2) is 11.6 Å². The van der Waals surface area contributed by atoms with E-state index in [9.17, 15) is 23.1 Å². The Morgan fingerprint density at radius 1 is 1.07 bits per heavy atom. The van der Waals surface area contributed by atoms with Crippen LogP contribution in [-0.4, -0.2) is 30.4 Å². The Bertz CT molecular complexity index is 790. The van der Waals surface area contributed by atoms with E-state index in [-0.39, 0.29) is 32.0 Å². The number of ether oxygens (including phenoxy) is 1. The van der Waals surface area contributed by atoms with Crippen molar-refractivity contribution < 1.29 is 27.8 Å². The molecule has 0 saturated carbocycles. The second-order valence-electron chi connectivity index (χ2n) is 5.73. The van der Waals surface area contributed by atoms with Crippen molar-refractivity contribution in [1.29, 1.82) is 0 Å². The lowest BCUT2D eigenvalue weighted by molar-refractivity contribution is 0.107. The van der Waals surface area contributed by atoms with Crippen LogP contribution in [0.2, 0.25) is 0 Å². The minimum atomic E-state index is -1.08. The predicted molar refractivity (Wildman–Crippen MR) is 92.4 cm³/mol. The molecule has 1 unspecified atom stereocenters. The average Bonchev–Trinajstić information content (AvgIpc) is 2.66. The molecule has 2 rings (SSSR count). The van der Waals surface area contributed by atoms with Gasteiger partial charge in [0, 0.05) is 31.3 Å². The topological polar surface area (TPSA) is 96.6 Å². The van der Waals surface area contributed by atoms with Gasteiger partial charge in [-0.05, 0) is 23.8 Å². The van der Waals surface area contributed by atoms with E-state index in [1.54, 1.807) is 6.07 Å². The number of rotatable bonds is 8. The van der Waals surface area contributed by atoms with Crippen LogP contribution in [0.3, 0.4) is 0 Å². The molecule has 2 aromatic carbocycles. The first-order valence-corrected chi connectivity index (χ1v) is 8.14. The van der Waals surface area contributed by atoms with Gasteiger partial charge in [0.1, 0.15) is 24.3 Å². The second kappa shape index (κ2) is 9.79.